The lowest BCUT2D eigenvalue weighted by Gasteiger charge is -1.84. The van der Waals surface area contributed by atoms with Crippen molar-refractivity contribution >= 4 is 30.6 Å². The second kappa shape index (κ2) is 4.68. The summed E-state index contributed by atoms with van der Waals surface area (Å²) in [6, 6.07) is 0.412. The third-order valence-electron chi connectivity index (χ3n) is 0.281. The first kappa shape index (κ1) is 5.68. The molecule has 0 N–H and O–H groups in total. The smallest absolute Gasteiger partial charge is 0.141 e. The van der Waals surface area contributed by atoms with Gasteiger partial charge < -0.3 is 4.43 Å². The molecule has 0 aliphatic carbocycles. The first-order chi connectivity index (χ1) is 2.41. The minimum absolute atomic E-state index is 0.0791. The number of hydrogen-bond donors (Lipinski definition) is 0. The van der Waals surface area contributed by atoms with Gasteiger partial charge in [0.05, 0.1) is 0 Å². The average molecular weight is 127 g/mol. The third kappa shape index (κ3) is 4.68. The molecule has 0 aromatic carbocycles. The van der Waals surface area contributed by atoms with Gasteiger partial charge >= 0.3 is 0 Å². The third-order valence-corrected chi connectivity index (χ3v) is 2.53. The van der Waals surface area contributed by atoms with Gasteiger partial charge in [-0.05, 0) is 0 Å². The highest BCUT2D eigenvalue weighted by Gasteiger charge is 1.67. The van der Waals surface area contributed by atoms with E-state index in [2.05, 4.69) is 0 Å². The van der Waals surface area contributed by atoms with Gasteiger partial charge in [0.25, 0.3) is 0 Å². The number of alkyl halides is 1. The average Bonchev–Trinajstić information content (AvgIpc) is 1.41. The van der Waals surface area contributed by atoms with Crippen LogP contribution in [0.4, 0.5) is 0 Å². The second-order valence-electron chi connectivity index (χ2n) is 0.602. The Bertz CT molecular complexity index is 17.1. The minimum Gasteiger partial charge on any atom is -0.415 e. The molecule has 0 amide bonds. The molecule has 0 saturated carbocycles. The van der Waals surface area contributed by atoms with E-state index in [1.165, 1.54) is 9.76 Å². The summed E-state index contributed by atoms with van der Waals surface area (Å²) in [5.41, 5.74) is 0. The molecule has 4 heteroatoms. The summed E-state index contributed by atoms with van der Waals surface area (Å²) in [5, 5.41) is 0. The Morgan fingerprint density at radius 3 is 2.60 bits per heavy atom. The Morgan fingerprint density at radius 1 is 2.00 bits per heavy atom. The summed E-state index contributed by atoms with van der Waals surface area (Å²) in [6.45, 7) is 0. The summed E-state index contributed by atoms with van der Waals surface area (Å²) < 4.78 is 4.80. The fourth-order valence-corrected chi connectivity index (χ4v) is 2.08. The predicted molar refractivity (Wildman–Crippen MR) is 30.3 cm³/mol. The van der Waals surface area contributed by atoms with E-state index < -0.39 is 0 Å². The molecule has 0 spiro atoms. The maximum atomic E-state index is 5.14. The second-order valence-corrected chi connectivity index (χ2v) is 3.54. The molecule has 32 valence electrons. The fraction of sp³-hybridized carbons (Fsp3) is 1.00. The highest BCUT2D eigenvalue weighted by molar-refractivity contribution is 6.85. The van der Waals surface area contributed by atoms with Gasteiger partial charge in [0.2, 0.25) is 0 Å². The quantitative estimate of drug-likeness (QED) is 0.326. The van der Waals surface area contributed by atoms with Gasteiger partial charge in [0.15, 0.2) is 0 Å². The van der Waals surface area contributed by atoms with Crippen molar-refractivity contribution in [2.45, 2.75) is 0 Å². The van der Waals surface area contributed by atoms with E-state index in [0.29, 0.717) is 6.07 Å². The Morgan fingerprint density at radius 2 is 2.60 bits per heavy atom. The zero-order chi connectivity index (χ0) is 4.12. The van der Waals surface area contributed by atoms with Gasteiger partial charge in [0, 0.05) is 9.76 Å². The van der Waals surface area contributed by atoms with Crippen LogP contribution in [0, 0.1) is 0 Å². The zero-order valence-corrected chi connectivity index (χ0v) is 7.37. The van der Waals surface area contributed by atoms with Gasteiger partial charge in [-0.2, -0.15) is 0 Å². The van der Waals surface area contributed by atoms with E-state index >= 15 is 0 Å². The minimum atomic E-state index is -0.0791. The van der Waals surface area contributed by atoms with Crippen molar-refractivity contribution in [3.8, 4) is 0 Å². The van der Waals surface area contributed by atoms with Crippen LogP contribution in [0.1, 0.15) is 0 Å². The van der Waals surface area contributed by atoms with Crippen LogP contribution in [0.5, 0.6) is 0 Å². The van der Waals surface area contributed by atoms with E-state index in [9.17, 15) is 0 Å². The number of hydrogen-bond acceptors (Lipinski definition) is 1. The van der Waals surface area contributed by atoms with E-state index in [-0.39, 0.29) is 9.28 Å². The van der Waals surface area contributed by atoms with Crippen LogP contribution in [0.15, 0.2) is 0 Å². The molecule has 0 rings (SSSR count). The molecular weight excluding hydrogens is 120 g/mol. The summed E-state index contributed by atoms with van der Waals surface area (Å²) in [4.78, 5) is 0. The highest BCUT2D eigenvalue weighted by Crippen LogP contribution is 1.69. The van der Waals surface area contributed by atoms with Crippen LogP contribution in [-0.4, -0.2) is 25.1 Å². The normalized spacial score (nSPS) is 11.4. The van der Waals surface area contributed by atoms with Crippen molar-refractivity contribution < 1.29 is 4.43 Å². The summed E-state index contributed by atoms with van der Waals surface area (Å²) in [5.74, 6) is 0. The summed E-state index contributed by atoms with van der Waals surface area (Å²) >= 11 is 5.14. The molecule has 0 aromatic heterocycles. The summed E-state index contributed by atoms with van der Waals surface area (Å²) in [7, 11) is 1.15. The molecule has 0 bridgehead atoms. The molecule has 0 aliphatic rings. The van der Waals surface area contributed by atoms with Crippen LogP contribution in [0.3, 0.4) is 0 Å². The van der Waals surface area contributed by atoms with Crippen LogP contribution in [0.25, 0.3) is 0 Å². The van der Waals surface area contributed by atoms with Crippen LogP contribution in [-0.2, 0) is 4.43 Å². The Balaban J connectivity index is 2.19. The van der Waals surface area contributed by atoms with Crippen molar-refractivity contribution in [1.82, 2.24) is 0 Å². The fourth-order valence-electron chi connectivity index (χ4n) is 0.0772. The largest absolute Gasteiger partial charge is 0.415 e. The van der Waals surface area contributed by atoms with Crippen molar-refractivity contribution in [1.29, 1.82) is 0 Å². The van der Waals surface area contributed by atoms with Crippen LogP contribution < -0.4 is 0 Å². The number of rotatable bonds is 2. The Kier molecular flexibility index (Phi) is 5.32. The van der Waals surface area contributed by atoms with Crippen molar-refractivity contribution in [2.24, 2.45) is 0 Å². The molecule has 0 radical (unpaired) electrons. The molecule has 0 heterocycles. The zero-order valence-electron chi connectivity index (χ0n) is 3.20. The molecule has 5 heavy (non-hydrogen) atoms. The van der Waals surface area contributed by atoms with Crippen molar-refractivity contribution in [3.05, 3.63) is 0 Å². The molecular formula is CH7ClOSi2. The van der Waals surface area contributed by atoms with E-state index in [4.69, 9.17) is 16.0 Å². The van der Waals surface area contributed by atoms with Gasteiger partial charge in [-0.3, -0.25) is 0 Å². The lowest BCUT2D eigenvalue weighted by molar-refractivity contribution is 0.425. The van der Waals surface area contributed by atoms with Crippen molar-refractivity contribution in [2.75, 3.05) is 6.07 Å². The van der Waals surface area contributed by atoms with E-state index in [1.54, 1.807) is 0 Å². The lowest BCUT2D eigenvalue weighted by Crippen LogP contribution is -1.93. The molecule has 0 unspecified atom stereocenters. The van der Waals surface area contributed by atoms with Crippen LogP contribution in [0.2, 0.25) is 0 Å². The van der Waals surface area contributed by atoms with Crippen LogP contribution >= 0.6 is 11.6 Å². The van der Waals surface area contributed by atoms with Gasteiger partial charge in [-0.1, -0.05) is 11.6 Å². The first-order valence-corrected chi connectivity index (χ1v) is 8.32. The maximum Gasteiger partial charge on any atom is 0.141 e. The van der Waals surface area contributed by atoms with E-state index in [0.717, 1.165) is 0 Å². The molecule has 0 aromatic rings. The Hall–Kier alpha value is 0.684. The van der Waals surface area contributed by atoms with Gasteiger partial charge in [0.1, 0.15) is 15.3 Å². The Labute approximate surface area is 41.8 Å². The molecule has 0 aliphatic heterocycles. The SMILES string of the molecule is [SiH3][SiH2]OCCl. The molecule has 0 fully saturated rings. The standard InChI is InChI=1S/CH7ClOSi2/c2-1-3-5-4/h1,5H2,4H3. The van der Waals surface area contributed by atoms with Crippen molar-refractivity contribution in [3.63, 3.8) is 0 Å². The van der Waals surface area contributed by atoms with Gasteiger partial charge in [-0.25, -0.2) is 0 Å². The maximum absolute atomic E-state index is 5.14. The highest BCUT2D eigenvalue weighted by atomic mass is 35.5. The monoisotopic (exact) mass is 126 g/mol. The molecule has 0 atom stereocenters. The topological polar surface area (TPSA) is 9.23 Å². The summed E-state index contributed by atoms with van der Waals surface area (Å²) in [6.07, 6.45) is 0. The van der Waals surface area contributed by atoms with E-state index in [1.807, 2.05) is 0 Å². The predicted octanol–water partition coefficient (Wildman–Crippen LogP) is -1.44. The lowest BCUT2D eigenvalue weighted by atomic mass is 11.7. The van der Waals surface area contributed by atoms with Gasteiger partial charge in [-0.15, -0.1) is 0 Å². The first-order valence-electron chi connectivity index (χ1n) is 1.55. The number of halogens is 1. The molecule has 0 saturated heterocycles. The molecule has 1 nitrogen and oxygen atoms in total.